The highest BCUT2D eigenvalue weighted by molar-refractivity contribution is 9.10. The molecule has 6 heteroatoms. The summed E-state index contributed by atoms with van der Waals surface area (Å²) in [6.45, 7) is 0. The zero-order chi connectivity index (χ0) is 14.6. The Balaban J connectivity index is 2.11. The molecule has 1 spiro atoms. The molecule has 1 amide bonds. The van der Waals surface area contributed by atoms with Gasteiger partial charge in [-0.15, -0.1) is 0 Å². The van der Waals surface area contributed by atoms with Crippen molar-refractivity contribution in [1.82, 2.24) is 5.32 Å². The zero-order valence-electron chi connectivity index (χ0n) is 10.8. The standard InChI is InChI=1S/C15H10BrN3OS/c16-8-5-6-12-10(7-8)15(13(20)18-14(17)19-15)9-3-1-2-4-11(9)21-12/h1-7H,(H3,17,18,19,20). The number of nitrogens with one attached hydrogen (secondary N) is 1. The molecular weight excluding hydrogens is 350 g/mol. The summed E-state index contributed by atoms with van der Waals surface area (Å²) in [5, 5.41) is 2.64. The number of fused-ring (bicyclic) bond motifs is 4. The molecule has 2 aliphatic heterocycles. The lowest BCUT2D eigenvalue weighted by Gasteiger charge is -2.32. The van der Waals surface area contributed by atoms with Crippen molar-refractivity contribution in [3.05, 3.63) is 58.1 Å². The maximum absolute atomic E-state index is 12.7. The minimum atomic E-state index is -1.08. The first-order chi connectivity index (χ1) is 10.1. The van der Waals surface area contributed by atoms with E-state index in [0.29, 0.717) is 0 Å². The van der Waals surface area contributed by atoms with E-state index in [2.05, 4.69) is 26.2 Å². The predicted molar refractivity (Wildman–Crippen MR) is 85.3 cm³/mol. The predicted octanol–water partition coefficient (Wildman–Crippen LogP) is 2.60. The minimum Gasteiger partial charge on any atom is -0.370 e. The van der Waals surface area contributed by atoms with Crippen molar-refractivity contribution in [2.45, 2.75) is 15.3 Å². The molecule has 1 atom stereocenters. The van der Waals surface area contributed by atoms with Crippen LogP contribution in [0.2, 0.25) is 0 Å². The lowest BCUT2D eigenvalue weighted by molar-refractivity contribution is -0.122. The van der Waals surface area contributed by atoms with Crippen LogP contribution in [0.3, 0.4) is 0 Å². The Bertz CT molecular complexity index is 820. The average molecular weight is 360 g/mol. The third-order valence-corrected chi connectivity index (χ3v) is 5.33. The number of carbonyl (C=O) groups excluding carboxylic acids is 1. The first-order valence-electron chi connectivity index (χ1n) is 6.35. The number of aliphatic imine (C=N–C) groups is 1. The average Bonchev–Trinajstić information content (AvgIpc) is 2.76. The van der Waals surface area contributed by atoms with Gasteiger partial charge in [-0.1, -0.05) is 45.9 Å². The molecule has 4 rings (SSSR count). The third-order valence-electron chi connectivity index (χ3n) is 3.69. The summed E-state index contributed by atoms with van der Waals surface area (Å²) in [7, 11) is 0. The summed E-state index contributed by atoms with van der Waals surface area (Å²) >= 11 is 5.12. The topological polar surface area (TPSA) is 67.5 Å². The quantitative estimate of drug-likeness (QED) is 0.759. The van der Waals surface area contributed by atoms with Gasteiger partial charge >= 0.3 is 0 Å². The van der Waals surface area contributed by atoms with E-state index < -0.39 is 5.54 Å². The van der Waals surface area contributed by atoms with Gasteiger partial charge in [0.15, 0.2) is 11.5 Å². The monoisotopic (exact) mass is 359 g/mol. The maximum Gasteiger partial charge on any atom is 0.264 e. The maximum atomic E-state index is 12.7. The summed E-state index contributed by atoms with van der Waals surface area (Å²) in [6.07, 6.45) is 0. The molecule has 0 bridgehead atoms. The molecule has 104 valence electrons. The number of hydrogen-bond donors (Lipinski definition) is 2. The molecular formula is C15H10BrN3OS. The number of guanidine groups is 1. The van der Waals surface area contributed by atoms with Crippen molar-refractivity contribution >= 4 is 39.6 Å². The fourth-order valence-electron chi connectivity index (χ4n) is 2.82. The fourth-order valence-corrected chi connectivity index (χ4v) is 4.35. The molecule has 0 aromatic heterocycles. The van der Waals surface area contributed by atoms with Gasteiger partial charge in [0.1, 0.15) is 0 Å². The Hall–Kier alpha value is -1.79. The summed E-state index contributed by atoms with van der Waals surface area (Å²) in [5.41, 5.74) is 6.44. The van der Waals surface area contributed by atoms with E-state index in [1.54, 1.807) is 11.8 Å². The Kier molecular flexibility index (Phi) is 2.68. The molecule has 1 unspecified atom stereocenters. The number of nitrogens with zero attached hydrogens (tertiary/aromatic N) is 1. The molecule has 4 nitrogen and oxygen atoms in total. The number of benzene rings is 2. The second-order valence-electron chi connectivity index (χ2n) is 4.90. The van der Waals surface area contributed by atoms with Crippen molar-refractivity contribution in [2.24, 2.45) is 10.7 Å². The smallest absolute Gasteiger partial charge is 0.264 e. The number of hydrogen-bond acceptors (Lipinski definition) is 4. The van der Waals surface area contributed by atoms with Crippen LogP contribution in [0.4, 0.5) is 0 Å². The lowest BCUT2D eigenvalue weighted by atomic mass is 9.82. The molecule has 3 N–H and O–H groups in total. The van der Waals surface area contributed by atoms with Crippen molar-refractivity contribution in [3.63, 3.8) is 0 Å². The molecule has 0 radical (unpaired) electrons. The number of rotatable bonds is 0. The normalized spacial score (nSPS) is 22.5. The van der Waals surface area contributed by atoms with Gasteiger partial charge in [-0.25, -0.2) is 4.99 Å². The van der Waals surface area contributed by atoms with Crippen LogP contribution in [0.25, 0.3) is 0 Å². The van der Waals surface area contributed by atoms with Crippen LogP contribution in [0.15, 0.2) is 61.7 Å². The molecule has 21 heavy (non-hydrogen) atoms. The van der Waals surface area contributed by atoms with Crippen LogP contribution >= 0.6 is 27.7 Å². The molecule has 0 saturated heterocycles. The van der Waals surface area contributed by atoms with Crippen molar-refractivity contribution < 1.29 is 4.79 Å². The Labute approximate surface area is 134 Å². The van der Waals surface area contributed by atoms with E-state index in [1.807, 2.05) is 42.5 Å². The number of carbonyl (C=O) groups is 1. The highest BCUT2D eigenvalue weighted by atomic mass is 79.9. The minimum absolute atomic E-state index is 0.160. The van der Waals surface area contributed by atoms with Crippen LogP contribution in [0.1, 0.15) is 11.1 Å². The van der Waals surface area contributed by atoms with Gasteiger partial charge in [-0.2, -0.15) is 0 Å². The van der Waals surface area contributed by atoms with Gasteiger partial charge in [0.05, 0.1) is 0 Å². The Morgan fingerprint density at radius 1 is 1.14 bits per heavy atom. The van der Waals surface area contributed by atoms with Crippen molar-refractivity contribution in [2.75, 3.05) is 0 Å². The van der Waals surface area contributed by atoms with Crippen LogP contribution in [-0.4, -0.2) is 11.9 Å². The number of halogens is 1. The second-order valence-corrected chi connectivity index (χ2v) is 6.90. The van der Waals surface area contributed by atoms with Gasteiger partial charge in [0, 0.05) is 25.4 Å². The van der Waals surface area contributed by atoms with Crippen molar-refractivity contribution in [3.8, 4) is 0 Å². The molecule has 2 aromatic rings. The molecule has 2 heterocycles. The number of nitrogens with two attached hydrogens (primary N) is 1. The highest BCUT2D eigenvalue weighted by Crippen LogP contribution is 2.51. The van der Waals surface area contributed by atoms with E-state index in [1.165, 1.54) is 0 Å². The largest absolute Gasteiger partial charge is 0.370 e. The first-order valence-corrected chi connectivity index (χ1v) is 7.96. The molecule has 0 fully saturated rings. The van der Waals surface area contributed by atoms with Crippen LogP contribution in [-0.2, 0) is 10.3 Å². The molecule has 2 aromatic carbocycles. The fraction of sp³-hybridized carbons (Fsp3) is 0.0667. The van der Waals surface area contributed by atoms with Crippen molar-refractivity contribution in [1.29, 1.82) is 0 Å². The zero-order valence-corrected chi connectivity index (χ0v) is 13.2. The summed E-state index contributed by atoms with van der Waals surface area (Å²) in [5.74, 6) is -0.0419. The molecule has 0 saturated carbocycles. The van der Waals surface area contributed by atoms with Crippen LogP contribution in [0, 0.1) is 0 Å². The van der Waals surface area contributed by atoms with E-state index in [0.717, 1.165) is 25.4 Å². The first kappa shape index (κ1) is 12.9. The Morgan fingerprint density at radius 2 is 1.90 bits per heavy atom. The third kappa shape index (κ3) is 1.69. The van der Waals surface area contributed by atoms with E-state index in [4.69, 9.17) is 5.73 Å². The van der Waals surface area contributed by atoms with Gasteiger partial charge in [-0.3, -0.25) is 10.1 Å². The van der Waals surface area contributed by atoms with Gasteiger partial charge in [-0.05, 0) is 24.3 Å². The lowest BCUT2D eigenvalue weighted by Crippen LogP contribution is -2.41. The highest BCUT2D eigenvalue weighted by Gasteiger charge is 2.51. The number of amides is 1. The Morgan fingerprint density at radius 3 is 2.67 bits per heavy atom. The van der Waals surface area contributed by atoms with E-state index in [-0.39, 0.29) is 11.9 Å². The summed E-state index contributed by atoms with van der Waals surface area (Å²) in [6, 6.07) is 13.7. The van der Waals surface area contributed by atoms with Crippen LogP contribution < -0.4 is 11.1 Å². The SMILES string of the molecule is NC1=NC2(C(=O)N1)c1ccccc1Sc1ccc(Br)cc12. The van der Waals surface area contributed by atoms with Gasteiger partial charge < -0.3 is 5.73 Å². The summed E-state index contributed by atoms with van der Waals surface area (Å²) in [4.78, 5) is 19.2. The van der Waals surface area contributed by atoms with Gasteiger partial charge in [0.2, 0.25) is 0 Å². The molecule has 2 aliphatic rings. The second kappa shape index (κ2) is 4.35. The summed E-state index contributed by atoms with van der Waals surface area (Å²) < 4.78 is 0.911. The van der Waals surface area contributed by atoms with Crippen LogP contribution in [0.5, 0.6) is 0 Å². The van der Waals surface area contributed by atoms with E-state index >= 15 is 0 Å². The molecule has 0 aliphatic carbocycles. The van der Waals surface area contributed by atoms with E-state index in [9.17, 15) is 4.79 Å². The van der Waals surface area contributed by atoms with Gasteiger partial charge in [0.25, 0.3) is 5.91 Å².